The van der Waals surface area contributed by atoms with Crippen molar-refractivity contribution in [3.8, 4) is 0 Å². The molecular weight excluding hydrogens is 260 g/mol. The van der Waals surface area contributed by atoms with Crippen LogP contribution < -0.4 is 0 Å². The number of benzene rings is 1. The van der Waals surface area contributed by atoms with Gasteiger partial charge in [0.05, 0.1) is 5.92 Å². The highest BCUT2D eigenvalue weighted by Gasteiger charge is 2.34. The molecule has 0 N–H and O–H groups in total. The van der Waals surface area contributed by atoms with Crippen molar-refractivity contribution in [2.24, 2.45) is 17.8 Å². The molecule has 2 heteroatoms. The Morgan fingerprint density at radius 1 is 1.14 bits per heavy atom. The van der Waals surface area contributed by atoms with Crippen LogP contribution in [0.2, 0.25) is 0 Å². The van der Waals surface area contributed by atoms with Gasteiger partial charge in [-0.2, -0.15) is 0 Å². The molecule has 1 fully saturated rings. The van der Waals surface area contributed by atoms with Gasteiger partial charge in [-0.05, 0) is 43.1 Å². The zero-order valence-electron chi connectivity index (χ0n) is 13.7. The Bertz CT molecular complexity index is 452. The summed E-state index contributed by atoms with van der Waals surface area (Å²) < 4.78 is 5.91. The van der Waals surface area contributed by atoms with Crippen molar-refractivity contribution < 1.29 is 9.53 Å². The molecule has 0 amide bonds. The van der Waals surface area contributed by atoms with E-state index in [-0.39, 0.29) is 18.0 Å². The van der Waals surface area contributed by atoms with Crippen molar-refractivity contribution in [3.05, 3.63) is 35.9 Å². The van der Waals surface area contributed by atoms with E-state index in [2.05, 4.69) is 20.8 Å². The van der Waals surface area contributed by atoms with Gasteiger partial charge in [0.1, 0.15) is 6.10 Å². The lowest BCUT2D eigenvalue weighted by atomic mass is 9.75. The summed E-state index contributed by atoms with van der Waals surface area (Å²) in [5, 5.41) is 0. The van der Waals surface area contributed by atoms with Crippen molar-refractivity contribution >= 4 is 5.97 Å². The summed E-state index contributed by atoms with van der Waals surface area (Å²) in [6.07, 6.45) is 3.53. The maximum absolute atomic E-state index is 12.5. The first-order chi connectivity index (χ1) is 9.99. The van der Waals surface area contributed by atoms with Crippen LogP contribution in [0.4, 0.5) is 0 Å². The average Bonchev–Trinajstić information content (AvgIpc) is 2.47. The second-order valence-electron chi connectivity index (χ2n) is 6.93. The van der Waals surface area contributed by atoms with Crippen molar-refractivity contribution in [1.29, 1.82) is 0 Å². The van der Waals surface area contributed by atoms with E-state index in [1.807, 2.05) is 37.3 Å². The van der Waals surface area contributed by atoms with Gasteiger partial charge in [-0.15, -0.1) is 0 Å². The number of esters is 1. The van der Waals surface area contributed by atoms with Gasteiger partial charge in [0.15, 0.2) is 0 Å². The molecule has 1 saturated carbocycles. The summed E-state index contributed by atoms with van der Waals surface area (Å²) >= 11 is 0. The lowest BCUT2D eigenvalue weighted by Crippen LogP contribution is -2.36. The molecule has 0 radical (unpaired) electrons. The predicted molar refractivity (Wildman–Crippen MR) is 86.1 cm³/mol. The maximum Gasteiger partial charge on any atom is 0.313 e. The van der Waals surface area contributed by atoms with Crippen LogP contribution in [0.15, 0.2) is 30.3 Å². The van der Waals surface area contributed by atoms with Gasteiger partial charge in [0.2, 0.25) is 0 Å². The van der Waals surface area contributed by atoms with Gasteiger partial charge in [-0.3, -0.25) is 4.79 Å². The topological polar surface area (TPSA) is 26.3 Å². The van der Waals surface area contributed by atoms with Crippen molar-refractivity contribution in [3.63, 3.8) is 0 Å². The highest BCUT2D eigenvalue weighted by molar-refractivity contribution is 5.77. The molecule has 2 nitrogen and oxygen atoms in total. The van der Waals surface area contributed by atoms with E-state index in [4.69, 9.17) is 4.74 Å². The fourth-order valence-corrected chi connectivity index (χ4v) is 3.38. The Morgan fingerprint density at radius 2 is 1.81 bits per heavy atom. The van der Waals surface area contributed by atoms with Crippen LogP contribution in [0, 0.1) is 17.8 Å². The fourth-order valence-electron chi connectivity index (χ4n) is 3.38. The quantitative estimate of drug-likeness (QED) is 0.744. The summed E-state index contributed by atoms with van der Waals surface area (Å²) in [4.78, 5) is 12.5. The molecule has 1 aromatic carbocycles. The Labute approximate surface area is 128 Å². The molecule has 0 spiro atoms. The minimum Gasteiger partial charge on any atom is -0.462 e. The van der Waals surface area contributed by atoms with Crippen molar-refractivity contribution in [1.82, 2.24) is 0 Å². The summed E-state index contributed by atoms with van der Waals surface area (Å²) in [5.74, 6) is 1.47. The lowest BCUT2D eigenvalue weighted by molar-refractivity contribution is -0.157. The van der Waals surface area contributed by atoms with Gasteiger partial charge in [-0.1, -0.05) is 57.5 Å². The zero-order valence-corrected chi connectivity index (χ0v) is 13.7. The summed E-state index contributed by atoms with van der Waals surface area (Å²) in [5.41, 5.74) is 1.03. The maximum atomic E-state index is 12.5. The van der Waals surface area contributed by atoms with Crippen LogP contribution in [-0.2, 0) is 9.53 Å². The molecule has 1 aliphatic carbocycles. The molecule has 0 aromatic heterocycles. The lowest BCUT2D eigenvalue weighted by Gasteiger charge is -2.37. The Morgan fingerprint density at radius 3 is 2.43 bits per heavy atom. The van der Waals surface area contributed by atoms with Crippen LogP contribution in [-0.4, -0.2) is 12.1 Å². The molecule has 1 aromatic rings. The van der Waals surface area contributed by atoms with Crippen LogP contribution in [0.25, 0.3) is 0 Å². The Hall–Kier alpha value is -1.31. The number of hydrogen-bond donors (Lipinski definition) is 0. The third-order valence-electron chi connectivity index (χ3n) is 4.88. The van der Waals surface area contributed by atoms with Crippen LogP contribution >= 0.6 is 0 Å². The zero-order chi connectivity index (χ0) is 15.4. The molecule has 4 atom stereocenters. The number of ether oxygens (including phenoxy) is 1. The highest BCUT2D eigenvalue weighted by atomic mass is 16.5. The molecule has 0 unspecified atom stereocenters. The molecule has 21 heavy (non-hydrogen) atoms. The number of rotatable bonds is 4. The summed E-state index contributed by atoms with van der Waals surface area (Å²) in [6, 6.07) is 9.90. The number of carbonyl (C=O) groups excluding carboxylic acids is 1. The summed E-state index contributed by atoms with van der Waals surface area (Å²) in [7, 11) is 0. The third-order valence-corrected chi connectivity index (χ3v) is 4.88. The molecule has 0 aliphatic heterocycles. The normalized spacial score (nSPS) is 27.4. The summed E-state index contributed by atoms with van der Waals surface area (Å²) in [6.45, 7) is 8.68. The number of carbonyl (C=O) groups is 1. The highest BCUT2D eigenvalue weighted by Crippen LogP contribution is 2.36. The second-order valence-corrected chi connectivity index (χ2v) is 6.93. The van der Waals surface area contributed by atoms with Gasteiger partial charge in [0, 0.05) is 0 Å². The fraction of sp³-hybridized carbons (Fsp3) is 0.632. The first kappa shape index (κ1) is 16.1. The molecular formula is C19H28O2. The van der Waals surface area contributed by atoms with Crippen molar-refractivity contribution in [2.75, 3.05) is 0 Å². The van der Waals surface area contributed by atoms with E-state index < -0.39 is 0 Å². The van der Waals surface area contributed by atoms with E-state index in [0.29, 0.717) is 17.8 Å². The molecule has 2 rings (SSSR count). The average molecular weight is 288 g/mol. The first-order valence-electron chi connectivity index (χ1n) is 8.24. The smallest absolute Gasteiger partial charge is 0.313 e. The molecule has 116 valence electrons. The van der Waals surface area contributed by atoms with Crippen LogP contribution in [0.1, 0.15) is 58.4 Å². The number of hydrogen-bond acceptors (Lipinski definition) is 2. The Kier molecular flexibility index (Phi) is 5.44. The first-order valence-corrected chi connectivity index (χ1v) is 8.24. The molecule has 0 heterocycles. The SMILES string of the molecule is CC(C)[C@H]1CC[C@@H](C)C[C@@H]1OC(=O)[C@H](C)c1ccccc1. The van der Waals surface area contributed by atoms with Gasteiger partial charge in [-0.25, -0.2) is 0 Å². The minimum atomic E-state index is -0.184. The van der Waals surface area contributed by atoms with Gasteiger partial charge < -0.3 is 4.74 Å². The van der Waals surface area contributed by atoms with E-state index in [1.54, 1.807) is 0 Å². The third kappa shape index (κ3) is 4.09. The Balaban J connectivity index is 2.02. The van der Waals surface area contributed by atoms with E-state index in [9.17, 15) is 4.79 Å². The van der Waals surface area contributed by atoms with Crippen LogP contribution in [0.5, 0.6) is 0 Å². The molecule has 0 saturated heterocycles. The van der Waals surface area contributed by atoms with Crippen molar-refractivity contribution in [2.45, 2.75) is 59.0 Å². The molecule has 0 bridgehead atoms. The standard InChI is InChI=1S/C19H28O2/c1-13(2)17-11-10-14(3)12-18(17)21-19(20)15(4)16-8-6-5-7-9-16/h5-9,13-15,17-18H,10-12H2,1-4H3/t14-,15-,17-,18+/m1/s1. The van der Waals surface area contributed by atoms with E-state index in [1.165, 1.54) is 12.8 Å². The minimum absolute atomic E-state index is 0.0778. The van der Waals surface area contributed by atoms with Crippen LogP contribution in [0.3, 0.4) is 0 Å². The van der Waals surface area contributed by atoms with Gasteiger partial charge in [0.25, 0.3) is 0 Å². The van der Waals surface area contributed by atoms with Gasteiger partial charge >= 0.3 is 5.97 Å². The predicted octanol–water partition coefficient (Wildman–Crippen LogP) is 4.79. The largest absolute Gasteiger partial charge is 0.462 e. The molecule has 1 aliphatic rings. The monoisotopic (exact) mass is 288 g/mol. The van der Waals surface area contributed by atoms with E-state index in [0.717, 1.165) is 12.0 Å². The second kappa shape index (κ2) is 7.11. The van der Waals surface area contributed by atoms with E-state index >= 15 is 0 Å².